The van der Waals surface area contributed by atoms with Gasteiger partial charge in [0.1, 0.15) is 12.4 Å². The zero-order valence-corrected chi connectivity index (χ0v) is 13.7. The molecule has 2 aromatic carbocycles. The van der Waals surface area contributed by atoms with E-state index in [-0.39, 0.29) is 6.61 Å². The van der Waals surface area contributed by atoms with Gasteiger partial charge in [0.05, 0.1) is 6.61 Å². The predicted octanol–water partition coefficient (Wildman–Crippen LogP) is 3.40. The number of rotatable bonds is 7. The number of fused-ring (bicyclic) bond motifs is 1. The second kappa shape index (κ2) is 7.62. The molecule has 0 aromatic heterocycles. The van der Waals surface area contributed by atoms with Crippen LogP contribution in [0.5, 0.6) is 5.75 Å². The summed E-state index contributed by atoms with van der Waals surface area (Å²) in [5.74, 6) is 0.843. The molecule has 3 rings (SSSR count). The molecule has 0 bridgehead atoms. The van der Waals surface area contributed by atoms with Crippen LogP contribution in [-0.4, -0.2) is 18.3 Å². The van der Waals surface area contributed by atoms with E-state index >= 15 is 0 Å². The minimum Gasteiger partial charge on any atom is -0.491 e. The molecule has 3 nitrogen and oxygen atoms in total. The molecule has 2 N–H and O–H groups in total. The number of hydrogen-bond donors (Lipinski definition) is 2. The van der Waals surface area contributed by atoms with Gasteiger partial charge >= 0.3 is 0 Å². The van der Waals surface area contributed by atoms with Gasteiger partial charge in [-0.25, -0.2) is 0 Å². The van der Waals surface area contributed by atoms with Gasteiger partial charge in [-0.3, -0.25) is 0 Å². The van der Waals surface area contributed by atoms with Crippen LogP contribution in [0, 0.1) is 0 Å². The summed E-state index contributed by atoms with van der Waals surface area (Å²) >= 11 is 0. The van der Waals surface area contributed by atoms with Gasteiger partial charge in [-0.15, -0.1) is 0 Å². The maximum atomic E-state index is 8.92. The Balaban J connectivity index is 1.64. The molecule has 0 spiro atoms. The SMILES string of the molecule is CC(NCc1ccccc1OCCO)c1ccc2c(c1)CCC2. The van der Waals surface area contributed by atoms with Gasteiger partial charge in [0.25, 0.3) is 0 Å². The maximum Gasteiger partial charge on any atom is 0.123 e. The molecule has 0 fully saturated rings. The minimum absolute atomic E-state index is 0.0350. The molecule has 0 saturated carbocycles. The summed E-state index contributed by atoms with van der Waals surface area (Å²) in [6.45, 7) is 3.32. The van der Waals surface area contributed by atoms with Gasteiger partial charge in [0.2, 0.25) is 0 Å². The summed E-state index contributed by atoms with van der Waals surface area (Å²) in [4.78, 5) is 0. The van der Waals surface area contributed by atoms with E-state index in [1.54, 1.807) is 0 Å². The Hall–Kier alpha value is -1.84. The molecule has 3 heteroatoms. The van der Waals surface area contributed by atoms with Gasteiger partial charge in [0, 0.05) is 18.2 Å². The summed E-state index contributed by atoms with van der Waals surface area (Å²) in [6, 6.07) is 15.2. The molecular formula is C20H25NO2. The molecule has 1 aliphatic rings. The number of nitrogens with one attached hydrogen (secondary N) is 1. The third-order valence-electron chi connectivity index (χ3n) is 4.54. The standard InChI is InChI=1S/C20H25NO2/c1-15(17-10-9-16-6-4-7-18(16)13-17)21-14-19-5-2-3-8-20(19)23-12-11-22/h2-3,5,8-10,13,15,21-22H,4,6-7,11-12,14H2,1H3. The number of para-hydroxylation sites is 1. The molecule has 23 heavy (non-hydrogen) atoms. The Bertz CT molecular complexity index is 654. The van der Waals surface area contributed by atoms with Crippen LogP contribution in [0.15, 0.2) is 42.5 Å². The highest BCUT2D eigenvalue weighted by Gasteiger charge is 2.13. The van der Waals surface area contributed by atoms with Crippen molar-refractivity contribution in [1.82, 2.24) is 5.32 Å². The van der Waals surface area contributed by atoms with Crippen LogP contribution in [-0.2, 0) is 19.4 Å². The van der Waals surface area contributed by atoms with Crippen molar-refractivity contribution in [3.63, 3.8) is 0 Å². The van der Waals surface area contributed by atoms with Crippen LogP contribution in [0.4, 0.5) is 0 Å². The smallest absolute Gasteiger partial charge is 0.123 e. The number of hydrogen-bond acceptors (Lipinski definition) is 3. The third-order valence-corrected chi connectivity index (χ3v) is 4.54. The quantitative estimate of drug-likeness (QED) is 0.823. The maximum absolute atomic E-state index is 8.92. The van der Waals surface area contributed by atoms with E-state index in [1.165, 1.54) is 36.0 Å². The van der Waals surface area contributed by atoms with Gasteiger partial charge in [0.15, 0.2) is 0 Å². The molecule has 2 aromatic rings. The largest absolute Gasteiger partial charge is 0.491 e. The van der Waals surface area contributed by atoms with Crippen molar-refractivity contribution < 1.29 is 9.84 Å². The Morgan fingerprint density at radius 2 is 1.96 bits per heavy atom. The lowest BCUT2D eigenvalue weighted by molar-refractivity contribution is 0.200. The third kappa shape index (κ3) is 3.92. The molecular weight excluding hydrogens is 286 g/mol. The Morgan fingerprint density at radius 1 is 1.13 bits per heavy atom. The first-order valence-electron chi connectivity index (χ1n) is 8.44. The first-order chi connectivity index (χ1) is 11.3. The van der Waals surface area contributed by atoms with Crippen molar-refractivity contribution >= 4 is 0 Å². The van der Waals surface area contributed by atoms with Crippen LogP contribution in [0.1, 0.15) is 41.6 Å². The monoisotopic (exact) mass is 311 g/mol. The second-order valence-corrected chi connectivity index (χ2v) is 6.16. The normalized spacial score (nSPS) is 14.5. The topological polar surface area (TPSA) is 41.5 Å². The molecule has 0 amide bonds. The van der Waals surface area contributed by atoms with Crippen LogP contribution < -0.4 is 10.1 Å². The summed E-state index contributed by atoms with van der Waals surface area (Å²) in [7, 11) is 0. The van der Waals surface area contributed by atoms with Gasteiger partial charge < -0.3 is 15.2 Å². The molecule has 122 valence electrons. The number of ether oxygens (including phenoxy) is 1. The van der Waals surface area contributed by atoms with Crippen LogP contribution in [0.3, 0.4) is 0 Å². The zero-order chi connectivity index (χ0) is 16.1. The Labute approximate surface area is 138 Å². The summed E-state index contributed by atoms with van der Waals surface area (Å²) in [6.07, 6.45) is 3.73. The fourth-order valence-electron chi connectivity index (χ4n) is 3.19. The first-order valence-corrected chi connectivity index (χ1v) is 8.44. The van der Waals surface area contributed by atoms with Crippen LogP contribution in [0.2, 0.25) is 0 Å². The molecule has 0 heterocycles. The van der Waals surface area contributed by atoms with Gasteiger partial charge in [-0.05, 0) is 48.9 Å². The van der Waals surface area contributed by atoms with Crippen molar-refractivity contribution in [3.8, 4) is 5.75 Å². The number of aliphatic hydroxyl groups is 1. The zero-order valence-electron chi connectivity index (χ0n) is 13.7. The van der Waals surface area contributed by atoms with Crippen molar-refractivity contribution in [2.45, 2.75) is 38.8 Å². The number of aryl methyl sites for hydroxylation is 2. The molecule has 1 unspecified atom stereocenters. The van der Waals surface area contributed by atoms with E-state index in [0.717, 1.165) is 17.9 Å². The highest BCUT2D eigenvalue weighted by atomic mass is 16.5. The summed E-state index contributed by atoms with van der Waals surface area (Å²) in [5.41, 5.74) is 5.50. The average Bonchev–Trinajstić information content (AvgIpc) is 3.06. The van der Waals surface area contributed by atoms with Crippen LogP contribution >= 0.6 is 0 Å². The number of aliphatic hydroxyl groups excluding tert-OH is 1. The van der Waals surface area contributed by atoms with Gasteiger partial charge in [-0.1, -0.05) is 36.4 Å². The highest BCUT2D eigenvalue weighted by Crippen LogP contribution is 2.26. The Kier molecular flexibility index (Phi) is 5.31. The predicted molar refractivity (Wildman–Crippen MR) is 92.7 cm³/mol. The van der Waals surface area contributed by atoms with Crippen molar-refractivity contribution in [3.05, 3.63) is 64.7 Å². The van der Waals surface area contributed by atoms with E-state index < -0.39 is 0 Å². The fourth-order valence-corrected chi connectivity index (χ4v) is 3.19. The van der Waals surface area contributed by atoms with Crippen molar-refractivity contribution in [2.75, 3.05) is 13.2 Å². The molecule has 1 aliphatic carbocycles. The summed E-state index contributed by atoms with van der Waals surface area (Å²) in [5, 5.41) is 12.5. The lowest BCUT2D eigenvalue weighted by Gasteiger charge is -2.17. The lowest BCUT2D eigenvalue weighted by atomic mass is 10.0. The molecule has 0 saturated heterocycles. The van der Waals surface area contributed by atoms with E-state index in [0.29, 0.717) is 12.6 Å². The highest BCUT2D eigenvalue weighted by molar-refractivity contribution is 5.37. The second-order valence-electron chi connectivity index (χ2n) is 6.16. The number of benzene rings is 2. The molecule has 0 radical (unpaired) electrons. The lowest BCUT2D eigenvalue weighted by Crippen LogP contribution is -2.19. The van der Waals surface area contributed by atoms with E-state index in [9.17, 15) is 0 Å². The summed E-state index contributed by atoms with van der Waals surface area (Å²) < 4.78 is 5.59. The van der Waals surface area contributed by atoms with Crippen molar-refractivity contribution in [2.24, 2.45) is 0 Å². The minimum atomic E-state index is 0.0350. The fraction of sp³-hybridized carbons (Fsp3) is 0.400. The molecule has 0 aliphatic heterocycles. The van der Waals surface area contributed by atoms with Crippen LogP contribution in [0.25, 0.3) is 0 Å². The van der Waals surface area contributed by atoms with E-state index in [4.69, 9.17) is 9.84 Å². The van der Waals surface area contributed by atoms with E-state index in [1.807, 2.05) is 18.2 Å². The van der Waals surface area contributed by atoms with Gasteiger partial charge in [-0.2, -0.15) is 0 Å². The van der Waals surface area contributed by atoms with Crippen molar-refractivity contribution in [1.29, 1.82) is 0 Å². The van der Waals surface area contributed by atoms with E-state index in [2.05, 4.69) is 36.5 Å². The average molecular weight is 311 g/mol. The Morgan fingerprint density at radius 3 is 2.83 bits per heavy atom. The molecule has 1 atom stereocenters. The first kappa shape index (κ1) is 16.0.